The van der Waals surface area contributed by atoms with Crippen LogP contribution in [0.25, 0.3) is 0 Å². The van der Waals surface area contributed by atoms with Gasteiger partial charge in [0.15, 0.2) is 5.82 Å². The summed E-state index contributed by atoms with van der Waals surface area (Å²) in [4.78, 5) is 11.8. The Balaban J connectivity index is 1.86. The lowest BCUT2D eigenvalue weighted by Crippen LogP contribution is -2.12. The number of benzene rings is 1. The first kappa shape index (κ1) is 16.5. The molecule has 0 bridgehead atoms. The molecule has 126 valence electrons. The summed E-state index contributed by atoms with van der Waals surface area (Å²) in [7, 11) is 0. The first-order valence-electron chi connectivity index (χ1n) is 8.11. The van der Waals surface area contributed by atoms with E-state index in [4.69, 9.17) is 16.3 Å². The van der Waals surface area contributed by atoms with Crippen molar-refractivity contribution in [2.24, 2.45) is 11.7 Å². The van der Waals surface area contributed by atoms with Crippen molar-refractivity contribution in [3.8, 4) is 12.1 Å². The molecule has 1 aromatic carbocycles. The molecule has 0 radical (unpaired) electrons. The van der Waals surface area contributed by atoms with E-state index >= 15 is 0 Å². The number of anilines is 2. The monoisotopic (exact) mass is 334 g/mol. The van der Waals surface area contributed by atoms with Gasteiger partial charge in [0.1, 0.15) is 5.56 Å². The van der Waals surface area contributed by atoms with Gasteiger partial charge in [0.25, 0.3) is 5.91 Å². The zero-order chi connectivity index (χ0) is 17.8. The van der Waals surface area contributed by atoms with Gasteiger partial charge in [-0.25, -0.2) is 0 Å². The molecule has 1 aliphatic rings. The predicted octanol–water partition coefficient (Wildman–Crippen LogP) is 2.66. The Morgan fingerprint density at radius 1 is 1.32 bits per heavy atom. The number of hydrogen-bond donors (Lipinski definition) is 2. The van der Waals surface area contributed by atoms with E-state index in [-0.39, 0.29) is 6.04 Å². The molecule has 7 nitrogen and oxygen atoms in total. The summed E-state index contributed by atoms with van der Waals surface area (Å²) in [6, 6.07) is 11.6. The molecular weight excluding hydrogens is 316 g/mol. The van der Waals surface area contributed by atoms with Gasteiger partial charge >= 0.3 is 0 Å². The Morgan fingerprint density at radius 3 is 2.60 bits per heavy atom. The molecule has 3 rings (SSSR count). The van der Waals surface area contributed by atoms with Gasteiger partial charge in [0, 0.05) is 11.9 Å². The largest absolute Gasteiger partial charge is 0.365 e. The van der Waals surface area contributed by atoms with Crippen LogP contribution in [0.2, 0.25) is 0 Å². The van der Waals surface area contributed by atoms with Crippen LogP contribution in [-0.2, 0) is 6.42 Å². The third-order valence-electron chi connectivity index (χ3n) is 4.30. The van der Waals surface area contributed by atoms with E-state index in [1.165, 1.54) is 0 Å². The molecule has 7 heteroatoms. The number of aromatic nitrogens is 2. The van der Waals surface area contributed by atoms with Gasteiger partial charge in [-0.15, -0.1) is 0 Å². The lowest BCUT2D eigenvalue weighted by Gasteiger charge is -2.12. The van der Waals surface area contributed by atoms with Crippen molar-refractivity contribution >= 4 is 17.4 Å². The summed E-state index contributed by atoms with van der Waals surface area (Å²) < 4.78 is 1.69. The Hall–Kier alpha value is -3.32. The number of amides is 1. The molecule has 1 saturated carbocycles. The van der Waals surface area contributed by atoms with E-state index < -0.39 is 5.91 Å². The highest BCUT2D eigenvalue weighted by Gasteiger charge is 2.33. The Kier molecular flexibility index (Phi) is 4.67. The first-order valence-corrected chi connectivity index (χ1v) is 8.11. The Labute approximate surface area is 145 Å². The second-order valence-corrected chi connectivity index (χ2v) is 6.16. The number of nitrogens with two attached hydrogens (primary N) is 1. The summed E-state index contributed by atoms with van der Waals surface area (Å²) in [6.45, 7) is 0. The third kappa shape index (κ3) is 3.78. The molecule has 0 spiro atoms. The van der Waals surface area contributed by atoms with Gasteiger partial charge in [-0.2, -0.15) is 15.6 Å². The van der Waals surface area contributed by atoms with Gasteiger partial charge in [-0.1, -0.05) is 12.1 Å². The summed E-state index contributed by atoms with van der Waals surface area (Å²) in [6.07, 6.45) is 4.46. The van der Waals surface area contributed by atoms with Crippen molar-refractivity contribution in [1.82, 2.24) is 9.78 Å². The molecule has 0 aliphatic heterocycles. The van der Waals surface area contributed by atoms with Gasteiger partial charge in [0.2, 0.25) is 0 Å². The molecule has 2 aromatic rings. The normalized spacial score (nSPS) is 14.3. The lowest BCUT2D eigenvalue weighted by atomic mass is 10.1. The fourth-order valence-electron chi connectivity index (χ4n) is 2.82. The number of primary amides is 1. The van der Waals surface area contributed by atoms with E-state index in [9.17, 15) is 4.79 Å². The minimum Gasteiger partial charge on any atom is -0.365 e. The molecule has 1 fully saturated rings. The van der Waals surface area contributed by atoms with E-state index in [1.54, 1.807) is 10.9 Å². The standard InChI is InChI=1S/C18H18N6O/c19-9-7-12-1-5-14(6-2-12)22-18-15(17(21)25)11-24(23-18)16(8-10-20)13-3-4-13/h1-2,5-6,11,13,16H,3-4,7-8H2,(H2,21,25)(H,22,23). The average Bonchev–Trinajstić information content (AvgIpc) is 3.34. The van der Waals surface area contributed by atoms with Crippen LogP contribution in [0.5, 0.6) is 0 Å². The smallest absolute Gasteiger partial charge is 0.254 e. The second kappa shape index (κ2) is 7.06. The van der Waals surface area contributed by atoms with Crippen molar-refractivity contribution in [2.75, 3.05) is 5.32 Å². The Morgan fingerprint density at radius 2 is 2.04 bits per heavy atom. The maximum Gasteiger partial charge on any atom is 0.254 e. The van der Waals surface area contributed by atoms with Crippen LogP contribution < -0.4 is 11.1 Å². The number of rotatable bonds is 7. The molecule has 1 atom stereocenters. The van der Waals surface area contributed by atoms with Gasteiger partial charge in [0.05, 0.1) is 31.0 Å². The van der Waals surface area contributed by atoms with Crippen LogP contribution in [0.3, 0.4) is 0 Å². The highest BCUT2D eigenvalue weighted by molar-refractivity contribution is 5.98. The van der Waals surface area contributed by atoms with Crippen molar-refractivity contribution < 1.29 is 4.79 Å². The highest BCUT2D eigenvalue weighted by Crippen LogP contribution is 2.41. The SMILES string of the molecule is N#CCc1ccc(Nc2nn(C(CC#N)C3CC3)cc2C(N)=O)cc1. The van der Waals surface area contributed by atoms with Crippen molar-refractivity contribution in [3.05, 3.63) is 41.6 Å². The van der Waals surface area contributed by atoms with E-state index in [0.29, 0.717) is 30.1 Å². The van der Waals surface area contributed by atoms with Crippen molar-refractivity contribution in [3.63, 3.8) is 0 Å². The molecule has 0 saturated heterocycles. The zero-order valence-corrected chi connectivity index (χ0v) is 13.6. The van der Waals surface area contributed by atoms with Gasteiger partial charge in [-0.05, 0) is 36.5 Å². The molecule has 1 amide bonds. The molecule has 1 aliphatic carbocycles. The van der Waals surface area contributed by atoms with Crippen LogP contribution in [0.4, 0.5) is 11.5 Å². The van der Waals surface area contributed by atoms with Crippen molar-refractivity contribution in [2.45, 2.75) is 31.7 Å². The number of hydrogen-bond acceptors (Lipinski definition) is 5. The minimum absolute atomic E-state index is 0.0309. The van der Waals surface area contributed by atoms with Crippen LogP contribution in [-0.4, -0.2) is 15.7 Å². The molecule has 1 heterocycles. The Bertz CT molecular complexity index is 851. The lowest BCUT2D eigenvalue weighted by molar-refractivity contribution is 0.100. The molecule has 1 aromatic heterocycles. The van der Waals surface area contributed by atoms with E-state index in [2.05, 4.69) is 22.6 Å². The van der Waals surface area contributed by atoms with Gasteiger partial charge in [-0.3, -0.25) is 9.48 Å². The molecule has 25 heavy (non-hydrogen) atoms. The molecular formula is C18H18N6O. The maximum atomic E-state index is 11.8. The fourth-order valence-corrected chi connectivity index (χ4v) is 2.82. The minimum atomic E-state index is -0.568. The summed E-state index contributed by atoms with van der Waals surface area (Å²) in [5, 5.41) is 25.3. The van der Waals surface area contributed by atoms with Gasteiger partial charge < -0.3 is 11.1 Å². The quantitative estimate of drug-likeness (QED) is 0.806. The number of carbonyl (C=O) groups excluding carboxylic acids is 1. The number of nitrogens with one attached hydrogen (secondary N) is 1. The number of carbonyl (C=O) groups is 1. The van der Waals surface area contributed by atoms with Crippen LogP contribution in [0.1, 0.15) is 41.2 Å². The highest BCUT2D eigenvalue weighted by atomic mass is 16.1. The zero-order valence-electron chi connectivity index (χ0n) is 13.6. The third-order valence-corrected chi connectivity index (χ3v) is 4.30. The van der Waals surface area contributed by atoms with E-state index in [0.717, 1.165) is 24.1 Å². The van der Waals surface area contributed by atoms with Crippen LogP contribution in [0, 0.1) is 28.6 Å². The number of nitrogens with zero attached hydrogens (tertiary/aromatic N) is 4. The van der Waals surface area contributed by atoms with Crippen molar-refractivity contribution in [1.29, 1.82) is 10.5 Å². The summed E-state index contributed by atoms with van der Waals surface area (Å²) >= 11 is 0. The summed E-state index contributed by atoms with van der Waals surface area (Å²) in [5.74, 6) is 0.240. The number of nitriles is 2. The predicted molar refractivity (Wildman–Crippen MR) is 91.8 cm³/mol. The maximum absolute atomic E-state index is 11.8. The molecule has 1 unspecified atom stereocenters. The van der Waals surface area contributed by atoms with Crippen LogP contribution in [0.15, 0.2) is 30.5 Å². The van der Waals surface area contributed by atoms with E-state index in [1.807, 2.05) is 24.3 Å². The topological polar surface area (TPSA) is 121 Å². The average molecular weight is 334 g/mol. The second-order valence-electron chi connectivity index (χ2n) is 6.16. The fraction of sp³-hybridized carbons (Fsp3) is 0.333. The first-order chi connectivity index (χ1) is 12.1. The molecule has 3 N–H and O–H groups in total. The summed E-state index contributed by atoms with van der Waals surface area (Å²) in [5.41, 5.74) is 7.44. The van der Waals surface area contributed by atoms with Crippen LogP contribution >= 0.6 is 0 Å².